The summed E-state index contributed by atoms with van der Waals surface area (Å²) in [5.74, 6) is -0.442. The molecule has 17 heavy (non-hydrogen) atoms. The Morgan fingerprint density at radius 3 is 2.71 bits per heavy atom. The standard InChI is InChI=1S/C13H19FN2O/c1-4-9(2)12(15)13(17)16(3)11-7-5-6-10(14)8-11/h5-9,12H,4,15H2,1-3H3/t9?,12-/m0/s1. The van der Waals surface area contributed by atoms with Crippen LogP contribution in [0.1, 0.15) is 20.3 Å². The molecule has 1 rings (SSSR count). The molecule has 1 aromatic rings. The van der Waals surface area contributed by atoms with Crippen LogP contribution in [0.2, 0.25) is 0 Å². The normalized spacial score (nSPS) is 14.2. The van der Waals surface area contributed by atoms with E-state index >= 15 is 0 Å². The molecule has 0 aliphatic carbocycles. The van der Waals surface area contributed by atoms with Gasteiger partial charge in [-0.2, -0.15) is 0 Å². The van der Waals surface area contributed by atoms with Crippen molar-refractivity contribution in [2.45, 2.75) is 26.3 Å². The summed E-state index contributed by atoms with van der Waals surface area (Å²) in [7, 11) is 1.61. The molecule has 0 bridgehead atoms. The second-order valence-electron chi connectivity index (χ2n) is 4.29. The van der Waals surface area contributed by atoms with Gasteiger partial charge >= 0.3 is 0 Å². The molecule has 1 unspecified atom stereocenters. The molecule has 2 atom stereocenters. The number of carbonyl (C=O) groups excluding carboxylic acids is 1. The zero-order valence-electron chi connectivity index (χ0n) is 10.5. The Morgan fingerprint density at radius 1 is 1.53 bits per heavy atom. The summed E-state index contributed by atoms with van der Waals surface area (Å²) in [5.41, 5.74) is 6.38. The molecule has 1 aromatic carbocycles. The Labute approximate surface area is 101 Å². The number of halogens is 1. The van der Waals surface area contributed by atoms with Crippen LogP contribution in [0.5, 0.6) is 0 Å². The van der Waals surface area contributed by atoms with Crippen LogP contribution >= 0.6 is 0 Å². The highest BCUT2D eigenvalue weighted by Crippen LogP contribution is 2.16. The monoisotopic (exact) mass is 238 g/mol. The lowest BCUT2D eigenvalue weighted by Gasteiger charge is -2.24. The van der Waals surface area contributed by atoms with Crippen LogP contribution in [-0.4, -0.2) is 19.0 Å². The highest BCUT2D eigenvalue weighted by molar-refractivity contribution is 5.96. The van der Waals surface area contributed by atoms with Crippen molar-refractivity contribution < 1.29 is 9.18 Å². The van der Waals surface area contributed by atoms with Gasteiger partial charge in [0.25, 0.3) is 0 Å². The Morgan fingerprint density at radius 2 is 2.18 bits per heavy atom. The van der Waals surface area contributed by atoms with E-state index < -0.39 is 6.04 Å². The Balaban J connectivity index is 2.83. The fraction of sp³-hybridized carbons (Fsp3) is 0.462. The van der Waals surface area contributed by atoms with Crippen LogP contribution in [0.4, 0.5) is 10.1 Å². The van der Waals surface area contributed by atoms with E-state index in [1.807, 2.05) is 13.8 Å². The lowest BCUT2D eigenvalue weighted by molar-refractivity contribution is -0.120. The van der Waals surface area contributed by atoms with Crippen molar-refractivity contribution >= 4 is 11.6 Å². The van der Waals surface area contributed by atoms with Gasteiger partial charge in [-0.05, 0) is 24.1 Å². The van der Waals surface area contributed by atoms with Crippen molar-refractivity contribution in [3.8, 4) is 0 Å². The molecule has 0 fully saturated rings. The molecular formula is C13H19FN2O. The SMILES string of the molecule is CCC(C)[C@H](N)C(=O)N(C)c1cccc(F)c1. The van der Waals surface area contributed by atoms with Crippen molar-refractivity contribution in [2.24, 2.45) is 11.7 Å². The number of nitrogens with zero attached hydrogens (tertiary/aromatic N) is 1. The van der Waals surface area contributed by atoms with Gasteiger partial charge < -0.3 is 10.6 Å². The number of hydrogen-bond acceptors (Lipinski definition) is 2. The summed E-state index contributed by atoms with van der Waals surface area (Å²) >= 11 is 0. The van der Waals surface area contributed by atoms with Crippen LogP contribution < -0.4 is 10.6 Å². The Bertz CT molecular complexity index is 395. The van der Waals surface area contributed by atoms with E-state index in [0.29, 0.717) is 5.69 Å². The summed E-state index contributed by atoms with van der Waals surface area (Å²) < 4.78 is 13.0. The maximum atomic E-state index is 13.0. The third-order valence-electron chi connectivity index (χ3n) is 3.07. The van der Waals surface area contributed by atoms with E-state index in [9.17, 15) is 9.18 Å². The predicted molar refractivity (Wildman–Crippen MR) is 67.2 cm³/mol. The predicted octanol–water partition coefficient (Wildman–Crippen LogP) is 2.16. The van der Waals surface area contributed by atoms with Crippen molar-refractivity contribution in [3.63, 3.8) is 0 Å². The summed E-state index contributed by atoms with van der Waals surface area (Å²) in [6.45, 7) is 3.92. The molecule has 0 aliphatic heterocycles. The minimum absolute atomic E-state index is 0.110. The molecular weight excluding hydrogens is 219 g/mol. The summed E-state index contributed by atoms with van der Waals surface area (Å²) in [5, 5.41) is 0. The van der Waals surface area contributed by atoms with Gasteiger partial charge in [-0.3, -0.25) is 4.79 Å². The number of benzene rings is 1. The topological polar surface area (TPSA) is 46.3 Å². The molecule has 3 nitrogen and oxygen atoms in total. The van der Waals surface area contributed by atoms with E-state index in [2.05, 4.69) is 0 Å². The zero-order valence-corrected chi connectivity index (χ0v) is 10.5. The minimum atomic E-state index is -0.548. The number of nitrogens with two attached hydrogens (primary N) is 1. The van der Waals surface area contributed by atoms with E-state index in [-0.39, 0.29) is 17.6 Å². The zero-order chi connectivity index (χ0) is 13.0. The van der Waals surface area contributed by atoms with Crippen LogP contribution in [0.25, 0.3) is 0 Å². The van der Waals surface area contributed by atoms with E-state index in [0.717, 1.165) is 6.42 Å². The number of amides is 1. The van der Waals surface area contributed by atoms with E-state index in [4.69, 9.17) is 5.73 Å². The largest absolute Gasteiger partial charge is 0.320 e. The first-order valence-electron chi connectivity index (χ1n) is 5.76. The van der Waals surface area contributed by atoms with Gasteiger partial charge in [-0.25, -0.2) is 4.39 Å². The van der Waals surface area contributed by atoms with Gasteiger partial charge in [-0.15, -0.1) is 0 Å². The molecule has 0 heterocycles. The van der Waals surface area contributed by atoms with Crippen LogP contribution in [0, 0.1) is 11.7 Å². The maximum Gasteiger partial charge on any atom is 0.243 e. The molecule has 94 valence electrons. The second-order valence-corrected chi connectivity index (χ2v) is 4.29. The third-order valence-corrected chi connectivity index (χ3v) is 3.07. The van der Waals surface area contributed by atoms with Gasteiger partial charge in [-0.1, -0.05) is 26.3 Å². The fourth-order valence-electron chi connectivity index (χ4n) is 1.53. The molecule has 0 saturated carbocycles. The summed E-state index contributed by atoms with van der Waals surface area (Å²) in [6.07, 6.45) is 0.837. The number of anilines is 1. The average Bonchev–Trinajstić information content (AvgIpc) is 2.35. The molecule has 0 aliphatic rings. The van der Waals surface area contributed by atoms with Gasteiger partial charge in [0.2, 0.25) is 5.91 Å². The van der Waals surface area contributed by atoms with Crippen molar-refractivity contribution in [1.82, 2.24) is 0 Å². The minimum Gasteiger partial charge on any atom is -0.320 e. The first-order chi connectivity index (χ1) is 7.97. The first-order valence-corrected chi connectivity index (χ1v) is 5.76. The quantitative estimate of drug-likeness (QED) is 0.873. The molecule has 4 heteroatoms. The lowest BCUT2D eigenvalue weighted by Crippen LogP contribution is -2.45. The molecule has 0 saturated heterocycles. The molecule has 0 spiro atoms. The highest BCUT2D eigenvalue weighted by Gasteiger charge is 2.23. The average molecular weight is 238 g/mol. The second kappa shape index (κ2) is 5.77. The molecule has 0 aromatic heterocycles. The van der Waals surface area contributed by atoms with Crippen molar-refractivity contribution in [2.75, 3.05) is 11.9 Å². The van der Waals surface area contributed by atoms with E-state index in [1.54, 1.807) is 19.2 Å². The lowest BCUT2D eigenvalue weighted by atomic mass is 9.99. The fourth-order valence-corrected chi connectivity index (χ4v) is 1.53. The van der Waals surface area contributed by atoms with Gasteiger partial charge in [0.05, 0.1) is 6.04 Å². The van der Waals surface area contributed by atoms with Crippen LogP contribution in [0.3, 0.4) is 0 Å². The molecule has 2 N–H and O–H groups in total. The Kier molecular flexibility index (Phi) is 4.63. The third kappa shape index (κ3) is 3.27. The number of likely N-dealkylation sites (N-methyl/N-ethyl adjacent to an activating group) is 1. The Hall–Kier alpha value is -1.42. The number of rotatable bonds is 4. The highest BCUT2D eigenvalue weighted by atomic mass is 19.1. The first kappa shape index (κ1) is 13.6. The van der Waals surface area contributed by atoms with Crippen molar-refractivity contribution in [3.05, 3.63) is 30.1 Å². The van der Waals surface area contributed by atoms with Gasteiger partial charge in [0.15, 0.2) is 0 Å². The summed E-state index contributed by atoms with van der Waals surface area (Å²) in [4.78, 5) is 13.4. The van der Waals surface area contributed by atoms with E-state index in [1.165, 1.54) is 17.0 Å². The van der Waals surface area contributed by atoms with Crippen LogP contribution in [0.15, 0.2) is 24.3 Å². The molecule has 1 amide bonds. The maximum absolute atomic E-state index is 13.0. The summed E-state index contributed by atoms with van der Waals surface area (Å²) in [6, 6.07) is 5.37. The number of carbonyl (C=O) groups is 1. The van der Waals surface area contributed by atoms with Gasteiger partial charge in [0, 0.05) is 12.7 Å². The smallest absolute Gasteiger partial charge is 0.243 e. The number of hydrogen-bond donors (Lipinski definition) is 1. The van der Waals surface area contributed by atoms with Crippen molar-refractivity contribution in [1.29, 1.82) is 0 Å². The van der Waals surface area contributed by atoms with Gasteiger partial charge in [0.1, 0.15) is 5.82 Å². The molecule has 0 radical (unpaired) electrons. The van der Waals surface area contributed by atoms with Crippen LogP contribution in [-0.2, 0) is 4.79 Å².